The summed E-state index contributed by atoms with van der Waals surface area (Å²) in [6, 6.07) is 3.38. The summed E-state index contributed by atoms with van der Waals surface area (Å²) in [4.78, 5) is 0. The van der Waals surface area contributed by atoms with E-state index in [0.29, 0.717) is 0 Å². The predicted octanol–water partition coefficient (Wildman–Crippen LogP) is 2.72. The Labute approximate surface area is 92.0 Å². The van der Waals surface area contributed by atoms with E-state index in [1.54, 1.807) is 11.8 Å². The molecule has 0 aromatic heterocycles. The topological polar surface area (TPSA) is 26.0 Å². The highest BCUT2D eigenvalue weighted by Gasteiger charge is 2.27. The van der Waals surface area contributed by atoms with Gasteiger partial charge in [0.05, 0.1) is 0 Å². The largest absolute Gasteiger partial charge is 0.324 e. The van der Waals surface area contributed by atoms with E-state index >= 15 is 0 Å². The fourth-order valence-corrected chi connectivity index (χ4v) is 3.21. The number of nitrogens with two attached hydrogens (primary N) is 1. The van der Waals surface area contributed by atoms with E-state index in [2.05, 4.69) is 0 Å². The second-order valence-electron chi connectivity index (χ2n) is 3.78. The molecule has 15 heavy (non-hydrogen) atoms. The van der Waals surface area contributed by atoms with E-state index in [0.717, 1.165) is 17.9 Å². The summed E-state index contributed by atoms with van der Waals surface area (Å²) >= 11 is 1.79. The van der Waals surface area contributed by atoms with Gasteiger partial charge in [-0.05, 0) is 36.0 Å². The maximum Gasteiger partial charge on any atom is 0.130 e. The maximum absolute atomic E-state index is 13.4. The summed E-state index contributed by atoms with van der Waals surface area (Å²) in [6.45, 7) is 0. The third-order valence-electron chi connectivity index (χ3n) is 2.81. The highest BCUT2D eigenvalue weighted by atomic mass is 32.2. The molecule has 0 radical (unpaired) electrons. The van der Waals surface area contributed by atoms with Gasteiger partial charge in [0.2, 0.25) is 0 Å². The van der Waals surface area contributed by atoms with Crippen molar-refractivity contribution in [2.45, 2.75) is 12.5 Å². The van der Waals surface area contributed by atoms with E-state index in [1.165, 1.54) is 18.2 Å². The molecule has 1 aliphatic heterocycles. The average Bonchev–Trinajstić information content (AvgIpc) is 2.69. The molecule has 1 saturated heterocycles. The molecule has 82 valence electrons. The number of benzene rings is 1. The standard InChI is InChI=1S/C11H13F2NS/c12-8-2-1-3-9(13)10(8)11(14)7-4-5-15-6-7/h1-3,7,11H,4-6,14H2. The predicted molar refractivity (Wildman–Crippen MR) is 58.7 cm³/mol. The molecule has 0 amide bonds. The first-order valence-electron chi connectivity index (χ1n) is 4.97. The number of hydrogen-bond donors (Lipinski definition) is 1. The molecule has 0 bridgehead atoms. The SMILES string of the molecule is NC(c1c(F)cccc1F)C1CCSC1. The summed E-state index contributed by atoms with van der Waals surface area (Å²) in [7, 11) is 0. The maximum atomic E-state index is 13.4. The Morgan fingerprint density at radius 2 is 2.00 bits per heavy atom. The van der Waals surface area contributed by atoms with Crippen LogP contribution in [0.3, 0.4) is 0 Å². The van der Waals surface area contributed by atoms with Gasteiger partial charge in [-0.15, -0.1) is 0 Å². The van der Waals surface area contributed by atoms with Crippen molar-refractivity contribution in [2.75, 3.05) is 11.5 Å². The van der Waals surface area contributed by atoms with Crippen molar-refractivity contribution in [1.82, 2.24) is 0 Å². The van der Waals surface area contributed by atoms with Crippen molar-refractivity contribution in [3.63, 3.8) is 0 Å². The van der Waals surface area contributed by atoms with Crippen LogP contribution in [0.2, 0.25) is 0 Å². The number of thioether (sulfide) groups is 1. The molecule has 0 aliphatic carbocycles. The molecule has 2 atom stereocenters. The van der Waals surface area contributed by atoms with Crippen LogP contribution in [0, 0.1) is 17.6 Å². The average molecular weight is 229 g/mol. The zero-order valence-corrected chi connectivity index (χ0v) is 9.07. The first-order chi connectivity index (χ1) is 7.20. The molecule has 2 unspecified atom stereocenters. The lowest BCUT2D eigenvalue weighted by atomic mass is 9.92. The van der Waals surface area contributed by atoms with E-state index in [4.69, 9.17) is 5.73 Å². The minimum Gasteiger partial charge on any atom is -0.324 e. The van der Waals surface area contributed by atoms with Crippen LogP contribution in [0.5, 0.6) is 0 Å². The second-order valence-corrected chi connectivity index (χ2v) is 4.93. The highest BCUT2D eigenvalue weighted by molar-refractivity contribution is 7.99. The zero-order valence-electron chi connectivity index (χ0n) is 8.25. The molecular weight excluding hydrogens is 216 g/mol. The van der Waals surface area contributed by atoms with Gasteiger partial charge in [-0.1, -0.05) is 6.07 Å². The summed E-state index contributed by atoms with van der Waals surface area (Å²) in [5.74, 6) is 1.07. The molecule has 2 rings (SSSR count). The zero-order chi connectivity index (χ0) is 10.8. The van der Waals surface area contributed by atoms with Gasteiger partial charge in [-0.2, -0.15) is 11.8 Å². The Kier molecular flexibility index (Phi) is 3.26. The summed E-state index contributed by atoms with van der Waals surface area (Å²) in [6.07, 6.45) is 0.944. The van der Waals surface area contributed by atoms with Crippen molar-refractivity contribution in [2.24, 2.45) is 11.7 Å². The van der Waals surface area contributed by atoms with Gasteiger partial charge in [0.25, 0.3) is 0 Å². The smallest absolute Gasteiger partial charge is 0.130 e. The lowest BCUT2D eigenvalue weighted by molar-refractivity contribution is 0.436. The lowest BCUT2D eigenvalue weighted by Gasteiger charge is -2.19. The van der Waals surface area contributed by atoms with E-state index < -0.39 is 17.7 Å². The third-order valence-corrected chi connectivity index (χ3v) is 3.99. The van der Waals surface area contributed by atoms with Gasteiger partial charge in [0.15, 0.2) is 0 Å². The van der Waals surface area contributed by atoms with Crippen molar-refractivity contribution in [3.8, 4) is 0 Å². The second kappa shape index (κ2) is 4.49. The van der Waals surface area contributed by atoms with E-state index in [1.807, 2.05) is 0 Å². The van der Waals surface area contributed by atoms with Crippen LogP contribution in [-0.2, 0) is 0 Å². The number of halogens is 2. The molecule has 1 fully saturated rings. The molecule has 0 saturated carbocycles. The van der Waals surface area contributed by atoms with Crippen molar-refractivity contribution >= 4 is 11.8 Å². The molecule has 4 heteroatoms. The lowest BCUT2D eigenvalue weighted by Crippen LogP contribution is -2.23. The number of hydrogen-bond acceptors (Lipinski definition) is 2. The Morgan fingerprint density at radius 3 is 2.53 bits per heavy atom. The van der Waals surface area contributed by atoms with Crippen LogP contribution < -0.4 is 5.73 Å². The van der Waals surface area contributed by atoms with Gasteiger partial charge in [0, 0.05) is 11.6 Å². The summed E-state index contributed by atoms with van der Waals surface area (Å²) in [5, 5.41) is 0. The highest BCUT2D eigenvalue weighted by Crippen LogP contribution is 2.34. The molecule has 1 heterocycles. The van der Waals surface area contributed by atoms with Gasteiger partial charge in [-0.25, -0.2) is 8.78 Å². The molecule has 1 aromatic rings. The third kappa shape index (κ3) is 2.16. The first-order valence-corrected chi connectivity index (χ1v) is 6.13. The fourth-order valence-electron chi connectivity index (χ4n) is 1.90. The van der Waals surface area contributed by atoms with Crippen molar-refractivity contribution < 1.29 is 8.78 Å². The van der Waals surface area contributed by atoms with E-state index in [9.17, 15) is 8.78 Å². The monoisotopic (exact) mass is 229 g/mol. The summed E-state index contributed by atoms with van der Waals surface area (Å²) < 4.78 is 26.9. The van der Waals surface area contributed by atoms with Gasteiger partial charge in [-0.3, -0.25) is 0 Å². The Bertz CT molecular complexity index is 330. The Morgan fingerprint density at radius 1 is 1.33 bits per heavy atom. The van der Waals surface area contributed by atoms with Crippen LogP contribution in [0.4, 0.5) is 8.78 Å². The van der Waals surface area contributed by atoms with Gasteiger partial charge in [0.1, 0.15) is 11.6 Å². The summed E-state index contributed by atoms with van der Waals surface area (Å²) in [5.41, 5.74) is 5.95. The van der Waals surface area contributed by atoms with Gasteiger partial charge < -0.3 is 5.73 Å². The molecule has 2 N–H and O–H groups in total. The minimum absolute atomic E-state index is 0.0463. The quantitative estimate of drug-likeness (QED) is 0.843. The van der Waals surface area contributed by atoms with Crippen LogP contribution >= 0.6 is 11.8 Å². The number of rotatable bonds is 2. The van der Waals surface area contributed by atoms with Crippen LogP contribution in [0.1, 0.15) is 18.0 Å². The van der Waals surface area contributed by atoms with Crippen LogP contribution in [0.15, 0.2) is 18.2 Å². The molecule has 1 aromatic carbocycles. The van der Waals surface area contributed by atoms with Crippen LogP contribution in [0.25, 0.3) is 0 Å². The molecular formula is C11H13F2NS. The van der Waals surface area contributed by atoms with Crippen molar-refractivity contribution in [1.29, 1.82) is 0 Å². The normalized spacial score (nSPS) is 23.0. The van der Waals surface area contributed by atoms with Crippen molar-refractivity contribution in [3.05, 3.63) is 35.4 Å². The fraction of sp³-hybridized carbons (Fsp3) is 0.455. The van der Waals surface area contributed by atoms with E-state index in [-0.39, 0.29) is 11.5 Å². The molecule has 1 nitrogen and oxygen atoms in total. The minimum atomic E-state index is -0.528. The Balaban J connectivity index is 2.27. The van der Waals surface area contributed by atoms with Crippen LogP contribution in [-0.4, -0.2) is 11.5 Å². The first kappa shape index (κ1) is 10.9. The van der Waals surface area contributed by atoms with Gasteiger partial charge >= 0.3 is 0 Å². The Hall–Kier alpha value is -0.610. The molecule has 1 aliphatic rings. The molecule has 0 spiro atoms.